The van der Waals surface area contributed by atoms with E-state index in [2.05, 4.69) is 0 Å². The molecule has 0 N–H and O–H groups in total. The Morgan fingerprint density at radius 1 is 1.40 bits per heavy atom. The number of likely N-dealkylation sites (tertiary alicyclic amines) is 1. The van der Waals surface area contributed by atoms with Gasteiger partial charge in [-0.3, -0.25) is 9.69 Å². The first-order chi connectivity index (χ1) is 9.55. The Bertz CT molecular complexity index is 495. The molecule has 1 heterocycles. The largest absolute Gasteiger partial charge is 0.468 e. The summed E-state index contributed by atoms with van der Waals surface area (Å²) in [7, 11) is 3.04. The van der Waals surface area contributed by atoms with Gasteiger partial charge in [0.2, 0.25) is 0 Å². The number of halogens is 2. The summed E-state index contributed by atoms with van der Waals surface area (Å²) < 4.78 is 10.2. The van der Waals surface area contributed by atoms with Crippen LogP contribution in [0.3, 0.4) is 0 Å². The van der Waals surface area contributed by atoms with Crippen LogP contribution in [0.2, 0.25) is 10.0 Å². The van der Waals surface area contributed by atoms with Crippen LogP contribution in [0, 0.1) is 0 Å². The number of hydrogen-bond acceptors (Lipinski definition) is 4. The monoisotopic (exact) mass is 317 g/mol. The molecule has 110 valence electrons. The van der Waals surface area contributed by atoms with E-state index in [4.69, 9.17) is 32.7 Å². The van der Waals surface area contributed by atoms with E-state index in [1.807, 2.05) is 11.0 Å². The molecule has 0 unspecified atom stereocenters. The van der Waals surface area contributed by atoms with Crippen LogP contribution in [-0.4, -0.2) is 43.8 Å². The van der Waals surface area contributed by atoms with E-state index in [0.717, 1.165) is 5.56 Å². The standard InChI is InChI=1S/C14H17Cl2NO3/c1-19-11-6-13(14(18)20-2)17(8-11)7-9-5-10(15)3-4-12(9)16/h3-5,11,13H,6-8H2,1-2H3/t11-,13+/m1/s1. The molecular weight excluding hydrogens is 301 g/mol. The molecule has 4 nitrogen and oxygen atoms in total. The molecule has 1 aliphatic rings. The minimum atomic E-state index is -0.306. The van der Waals surface area contributed by atoms with E-state index in [1.165, 1.54) is 7.11 Å². The van der Waals surface area contributed by atoms with Gasteiger partial charge in [0.05, 0.1) is 13.2 Å². The lowest BCUT2D eigenvalue weighted by Crippen LogP contribution is -2.36. The number of methoxy groups -OCH3 is 2. The average Bonchev–Trinajstić information content (AvgIpc) is 2.85. The van der Waals surface area contributed by atoms with Crippen LogP contribution in [0.4, 0.5) is 0 Å². The second-order valence-corrected chi connectivity index (χ2v) is 5.64. The van der Waals surface area contributed by atoms with Gasteiger partial charge < -0.3 is 9.47 Å². The Morgan fingerprint density at radius 3 is 2.80 bits per heavy atom. The smallest absolute Gasteiger partial charge is 0.323 e. The number of benzene rings is 1. The number of carbonyl (C=O) groups is 1. The van der Waals surface area contributed by atoms with Gasteiger partial charge in [-0.25, -0.2) is 0 Å². The highest BCUT2D eigenvalue weighted by atomic mass is 35.5. The minimum absolute atomic E-state index is 0.0251. The summed E-state index contributed by atoms with van der Waals surface area (Å²) in [5.74, 6) is -0.247. The van der Waals surface area contributed by atoms with Crippen molar-refractivity contribution in [2.75, 3.05) is 20.8 Å². The van der Waals surface area contributed by atoms with Crippen LogP contribution in [0.5, 0.6) is 0 Å². The Kier molecular flexibility index (Phi) is 5.27. The predicted molar refractivity (Wildman–Crippen MR) is 78.1 cm³/mol. The Balaban J connectivity index is 2.17. The number of carbonyl (C=O) groups excluding carboxylic acids is 1. The number of nitrogens with zero attached hydrogens (tertiary/aromatic N) is 1. The van der Waals surface area contributed by atoms with E-state index in [-0.39, 0.29) is 18.1 Å². The summed E-state index contributed by atoms with van der Waals surface area (Å²) in [6.45, 7) is 1.21. The SMILES string of the molecule is COC(=O)[C@@H]1C[C@@H](OC)CN1Cc1cc(Cl)ccc1Cl. The number of ether oxygens (including phenoxy) is 2. The van der Waals surface area contributed by atoms with Crippen molar-refractivity contribution in [3.05, 3.63) is 33.8 Å². The van der Waals surface area contributed by atoms with Gasteiger partial charge in [0.1, 0.15) is 6.04 Å². The van der Waals surface area contributed by atoms with Crippen LogP contribution in [0.15, 0.2) is 18.2 Å². The van der Waals surface area contributed by atoms with Crippen molar-refractivity contribution in [3.8, 4) is 0 Å². The lowest BCUT2D eigenvalue weighted by Gasteiger charge is -2.22. The second kappa shape index (κ2) is 6.76. The van der Waals surface area contributed by atoms with Gasteiger partial charge in [-0.15, -0.1) is 0 Å². The van der Waals surface area contributed by atoms with Crippen molar-refractivity contribution in [1.82, 2.24) is 4.90 Å². The Labute approximate surface area is 128 Å². The summed E-state index contributed by atoms with van der Waals surface area (Å²) in [6.07, 6.45) is 0.651. The van der Waals surface area contributed by atoms with Crippen LogP contribution < -0.4 is 0 Å². The maximum atomic E-state index is 11.8. The molecule has 1 aliphatic heterocycles. The van der Waals surface area contributed by atoms with E-state index in [0.29, 0.717) is 29.6 Å². The zero-order valence-electron chi connectivity index (χ0n) is 11.4. The Hall–Kier alpha value is -0.810. The first-order valence-electron chi connectivity index (χ1n) is 6.33. The normalized spacial score (nSPS) is 23.0. The molecule has 1 fully saturated rings. The summed E-state index contributed by atoms with van der Waals surface area (Å²) in [5, 5.41) is 1.26. The second-order valence-electron chi connectivity index (χ2n) is 4.80. The van der Waals surface area contributed by atoms with E-state index in [1.54, 1.807) is 19.2 Å². The summed E-state index contributed by atoms with van der Waals surface area (Å²) >= 11 is 12.2. The highest BCUT2D eigenvalue weighted by Crippen LogP contribution is 2.27. The fourth-order valence-electron chi connectivity index (χ4n) is 2.47. The van der Waals surface area contributed by atoms with E-state index in [9.17, 15) is 4.79 Å². The quantitative estimate of drug-likeness (QED) is 0.800. The molecule has 2 atom stereocenters. The van der Waals surface area contributed by atoms with Gasteiger partial charge >= 0.3 is 5.97 Å². The van der Waals surface area contributed by atoms with Crippen LogP contribution in [0.1, 0.15) is 12.0 Å². The van der Waals surface area contributed by atoms with Gasteiger partial charge in [0.25, 0.3) is 0 Å². The van der Waals surface area contributed by atoms with Gasteiger partial charge in [-0.05, 0) is 23.8 Å². The predicted octanol–water partition coefficient (Wildman–Crippen LogP) is 2.76. The zero-order chi connectivity index (χ0) is 14.7. The zero-order valence-corrected chi connectivity index (χ0v) is 12.9. The summed E-state index contributed by atoms with van der Waals surface area (Å²) in [5.41, 5.74) is 0.893. The Morgan fingerprint density at radius 2 is 2.15 bits per heavy atom. The maximum absolute atomic E-state index is 11.8. The van der Waals surface area contributed by atoms with Gasteiger partial charge in [-0.2, -0.15) is 0 Å². The molecule has 0 aromatic heterocycles. The molecular formula is C14H17Cl2NO3. The van der Waals surface area contributed by atoms with Crippen molar-refractivity contribution in [3.63, 3.8) is 0 Å². The molecule has 0 saturated carbocycles. The lowest BCUT2D eigenvalue weighted by atomic mass is 10.1. The van der Waals surface area contributed by atoms with Crippen LogP contribution >= 0.6 is 23.2 Å². The summed E-state index contributed by atoms with van der Waals surface area (Å²) in [4.78, 5) is 13.9. The van der Waals surface area contributed by atoms with E-state index < -0.39 is 0 Å². The average molecular weight is 318 g/mol. The molecule has 1 aromatic carbocycles. The molecule has 0 radical (unpaired) electrons. The van der Waals surface area contributed by atoms with Crippen molar-refractivity contribution >= 4 is 29.2 Å². The molecule has 0 aliphatic carbocycles. The first kappa shape index (κ1) is 15.6. The molecule has 0 bridgehead atoms. The fourth-order valence-corrected chi connectivity index (χ4v) is 2.84. The summed E-state index contributed by atoms with van der Waals surface area (Å²) in [6, 6.07) is 5.02. The van der Waals surface area contributed by atoms with Crippen molar-refractivity contribution in [2.24, 2.45) is 0 Å². The first-order valence-corrected chi connectivity index (χ1v) is 7.09. The molecule has 0 amide bonds. The topological polar surface area (TPSA) is 38.8 Å². The third kappa shape index (κ3) is 3.44. The van der Waals surface area contributed by atoms with Gasteiger partial charge in [-0.1, -0.05) is 23.2 Å². The molecule has 0 spiro atoms. The lowest BCUT2D eigenvalue weighted by molar-refractivity contribution is -0.146. The number of hydrogen-bond donors (Lipinski definition) is 0. The third-order valence-corrected chi connectivity index (χ3v) is 4.16. The van der Waals surface area contributed by atoms with Crippen molar-refractivity contribution in [1.29, 1.82) is 0 Å². The fraction of sp³-hybridized carbons (Fsp3) is 0.500. The third-order valence-electron chi connectivity index (χ3n) is 3.55. The molecule has 6 heteroatoms. The highest BCUT2D eigenvalue weighted by Gasteiger charge is 2.37. The van der Waals surface area contributed by atoms with Crippen molar-refractivity contribution in [2.45, 2.75) is 25.1 Å². The van der Waals surface area contributed by atoms with Crippen LogP contribution in [0.25, 0.3) is 0 Å². The molecule has 2 rings (SSSR count). The molecule has 1 aromatic rings. The highest BCUT2D eigenvalue weighted by molar-refractivity contribution is 6.33. The van der Waals surface area contributed by atoms with Crippen LogP contribution in [-0.2, 0) is 20.8 Å². The number of esters is 1. The number of rotatable bonds is 4. The van der Waals surface area contributed by atoms with Crippen molar-refractivity contribution < 1.29 is 14.3 Å². The maximum Gasteiger partial charge on any atom is 0.323 e. The molecule has 20 heavy (non-hydrogen) atoms. The van der Waals surface area contributed by atoms with Gasteiger partial charge in [0, 0.05) is 36.7 Å². The van der Waals surface area contributed by atoms with Gasteiger partial charge in [0.15, 0.2) is 0 Å². The minimum Gasteiger partial charge on any atom is -0.468 e. The van der Waals surface area contributed by atoms with E-state index >= 15 is 0 Å². The molecule has 1 saturated heterocycles.